The maximum atomic E-state index is 13.8. The zero-order chi connectivity index (χ0) is 23.4. The molecule has 32 heavy (non-hydrogen) atoms. The van der Waals surface area contributed by atoms with Crippen LogP contribution in [0.3, 0.4) is 0 Å². The number of piperidine rings is 1. The standard InChI is InChI=1S/C27H41N3O2/c1-7-9-18-27(8-2,20-32-30-25(3,4)16-12-17-26(30,5)6)24(31)29-22-15-10-13-21-14-11-19-28-23(21)22/h10-11,13-15,19H,7-9,12,16-18,20H2,1-6H3,(H,29,31). The van der Waals surface area contributed by atoms with Crippen LogP contribution < -0.4 is 5.32 Å². The Hall–Kier alpha value is -1.98. The third kappa shape index (κ3) is 5.15. The Kier molecular flexibility index (Phi) is 7.61. The molecule has 1 amide bonds. The number of carbonyl (C=O) groups excluding carboxylic acids is 1. The Bertz CT molecular complexity index is 903. The van der Waals surface area contributed by atoms with Crippen molar-refractivity contribution in [2.75, 3.05) is 11.9 Å². The van der Waals surface area contributed by atoms with E-state index in [-0.39, 0.29) is 17.0 Å². The number of aromatic nitrogens is 1. The molecule has 0 radical (unpaired) electrons. The summed E-state index contributed by atoms with van der Waals surface area (Å²) < 4.78 is 0. The minimum absolute atomic E-state index is 0.0271. The molecule has 0 spiro atoms. The molecule has 176 valence electrons. The predicted molar refractivity (Wildman–Crippen MR) is 132 cm³/mol. The molecule has 1 atom stereocenters. The lowest BCUT2D eigenvalue weighted by molar-refractivity contribution is -0.292. The summed E-state index contributed by atoms with van der Waals surface area (Å²) in [5.74, 6) is 0.0271. The molecule has 0 bridgehead atoms. The Labute approximate surface area is 193 Å². The summed E-state index contributed by atoms with van der Waals surface area (Å²) in [4.78, 5) is 24.9. The van der Waals surface area contributed by atoms with E-state index < -0.39 is 5.41 Å². The molecule has 1 aliphatic rings. The van der Waals surface area contributed by atoms with E-state index in [2.05, 4.69) is 56.9 Å². The number of pyridine rings is 1. The molecule has 2 heterocycles. The number of benzene rings is 1. The molecule has 1 fully saturated rings. The number of hydroxylamine groups is 2. The smallest absolute Gasteiger partial charge is 0.233 e. The third-order valence-electron chi connectivity index (χ3n) is 7.19. The van der Waals surface area contributed by atoms with Crippen molar-refractivity contribution in [3.63, 3.8) is 0 Å². The summed E-state index contributed by atoms with van der Waals surface area (Å²) in [6, 6.07) is 9.86. The zero-order valence-electron chi connectivity index (χ0n) is 20.8. The van der Waals surface area contributed by atoms with Gasteiger partial charge < -0.3 is 5.32 Å². The van der Waals surface area contributed by atoms with Crippen molar-refractivity contribution in [1.82, 2.24) is 10.0 Å². The second-order valence-electron chi connectivity index (χ2n) is 10.6. The van der Waals surface area contributed by atoms with E-state index in [1.54, 1.807) is 6.20 Å². The van der Waals surface area contributed by atoms with E-state index in [1.165, 1.54) is 6.42 Å². The van der Waals surface area contributed by atoms with Crippen LogP contribution in [0.2, 0.25) is 0 Å². The van der Waals surface area contributed by atoms with Crippen molar-refractivity contribution in [2.45, 2.75) is 97.6 Å². The van der Waals surface area contributed by atoms with Gasteiger partial charge in [-0.15, -0.1) is 0 Å². The number of para-hydroxylation sites is 1. The second-order valence-corrected chi connectivity index (χ2v) is 10.6. The summed E-state index contributed by atoms with van der Waals surface area (Å²) >= 11 is 0. The van der Waals surface area contributed by atoms with Crippen LogP contribution in [0.5, 0.6) is 0 Å². The number of nitrogens with zero attached hydrogens (tertiary/aromatic N) is 2. The molecule has 1 aliphatic heterocycles. The average molecular weight is 440 g/mol. The first kappa shape index (κ1) is 24.7. The quantitative estimate of drug-likeness (QED) is 0.470. The molecular formula is C27H41N3O2. The first-order valence-corrected chi connectivity index (χ1v) is 12.2. The maximum Gasteiger partial charge on any atom is 0.233 e. The van der Waals surface area contributed by atoms with Crippen molar-refractivity contribution in [3.05, 3.63) is 36.5 Å². The monoisotopic (exact) mass is 439 g/mol. The van der Waals surface area contributed by atoms with Gasteiger partial charge >= 0.3 is 0 Å². The number of anilines is 1. The SMILES string of the molecule is CCCCC(CC)(CON1C(C)(C)CCCC1(C)C)C(=O)Nc1cccc2cccnc12. The average Bonchev–Trinajstić information content (AvgIpc) is 2.75. The highest BCUT2D eigenvalue weighted by atomic mass is 16.7. The summed E-state index contributed by atoms with van der Waals surface area (Å²) in [5.41, 5.74) is 0.893. The molecule has 5 nitrogen and oxygen atoms in total. The predicted octanol–water partition coefficient (Wildman–Crippen LogP) is 6.73. The van der Waals surface area contributed by atoms with Gasteiger partial charge in [0.1, 0.15) is 0 Å². The number of rotatable bonds is 9. The Morgan fingerprint density at radius 2 is 1.81 bits per heavy atom. The van der Waals surface area contributed by atoms with Crippen LogP contribution in [0.4, 0.5) is 5.69 Å². The van der Waals surface area contributed by atoms with Crippen molar-refractivity contribution in [3.8, 4) is 0 Å². The van der Waals surface area contributed by atoms with Crippen LogP contribution in [-0.4, -0.2) is 33.6 Å². The van der Waals surface area contributed by atoms with Crippen molar-refractivity contribution in [2.24, 2.45) is 5.41 Å². The Morgan fingerprint density at radius 1 is 1.12 bits per heavy atom. The number of carbonyl (C=O) groups is 1. The minimum Gasteiger partial charge on any atom is -0.324 e. The molecule has 0 saturated carbocycles. The Morgan fingerprint density at radius 3 is 2.47 bits per heavy atom. The molecule has 1 unspecified atom stereocenters. The van der Waals surface area contributed by atoms with Gasteiger partial charge in [0, 0.05) is 22.7 Å². The maximum absolute atomic E-state index is 13.8. The molecule has 1 saturated heterocycles. The number of hydrogen-bond acceptors (Lipinski definition) is 4. The molecule has 3 rings (SSSR count). The van der Waals surface area contributed by atoms with Gasteiger partial charge in [0.25, 0.3) is 0 Å². The number of unbranched alkanes of at least 4 members (excludes halogenated alkanes) is 1. The topological polar surface area (TPSA) is 54.5 Å². The van der Waals surface area contributed by atoms with Gasteiger partial charge in [-0.05, 0) is 71.9 Å². The third-order valence-corrected chi connectivity index (χ3v) is 7.19. The molecule has 1 N–H and O–H groups in total. The molecule has 1 aromatic carbocycles. The highest BCUT2D eigenvalue weighted by Gasteiger charge is 2.45. The van der Waals surface area contributed by atoms with Crippen LogP contribution in [0.15, 0.2) is 36.5 Å². The lowest BCUT2D eigenvalue weighted by atomic mass is 9.79. The van der Waals surface area contributed by atoms with Gasteiger partial charge in [-0.1, -0.05) is 44.9 Å². The van der Waals surface area contributed by atoms with E-state index in [4.69, 9.17) is 4.84 Å². The summed E-state index contributed by atoms with van der Waals surface area (Å²) in [6.45, 7) is 13.6. The lowest BCUT2D eigenvalue weighted by Crippen LogP contribution is -2.59. The first-order chi connectivity index (χ1) is 15.1. The van der Waals surface area contributed by atoms with E-state index in [1.807, 2.05) is 30.3 Å². The van der Waals surface area contributed by atoms with Gasteiger partial charge in [0.15, 0.2) is 0 Å². The van der Waals surface area contributed by atoms with E-state index in [9.17, 15) is 4.79 Å². The van der Waals surface area contributed by atoms with Gasteiger partial charge in [-0.2, -0.15) is 5.06 Å². The fraction of sp³-hybridized carbons (Fsp3) is 0.630. The molecule has 1 aromatic heterocycles. The zero-order valence-corrected chi connectivity index (χ0v) is 20.8. The van der Waals surface area contributed by atoms with E-state index in [0.717, 1.165) is 55.1 Å². The number of fused-ring (bicyclic) bond motifs is 1. The fourth-order valence-corrected chi connectivity index (χ4v) is 5.18. The van der Waals surface area contributed by atoms with Crippen LogP contribution in [0.1, 0.15) is 86.5 Å². The number of nitrogens with one attached hydrogen (secondary N) is 1. The highest BCUT2D eigenvalue weighted by molar-refractivity contribution is 6.02. The van der Waals surface area contributed by atoms with Crippen LogP contribution in [-0.2, 0) is 9.63 Å². The van der Waals surface area contributed by atoms with E-state index in [0.29, 0.717) is 6.61 Å². The van der Waals surface area contributed by atoms with Crippen molar-refractivity contribution in [1.29, 1.82) is 0 Å². The summed E-state index contributed by atoms with van der Waals surface area (Å²) in [5, 5.41) is 6.41. The van der Waals surface area contributed by atoms with Crippen molar-refractivity contribution < 1.29 is 9.63 Å². The second kappa shape index (κ2) is 9.88. The largest absolute Gasteiger partial charge is 0.324 e. The lowest BCUT2D eigenvalue weighted by Gasteiger charge is -2.52. The number of amides is 1. The summed E-state index contributed by atoms with van der Waals surface area (Å²) in [6.07, 6.45) is 8.73. The molecule has 2 aromatic rings. The fourth-order valence-electron chi connectivity index (χ4n) is 5.18. The van der Waals surface area contributed by atoms with E-state index >= 15 is 0 Å². The van der Waals surface area contributed by atoms with Gasteiger partial charge in [0.05, 0.1) is 23.2 Å². The minimum atomic E-state index is -0.587. The first-order valence-electron chi connectivity index (χ1n) is 12.2. The highest BCUT2D eigenvalue weighted by Crippen LogP contribution is 2.40. The van der Waals surface area contributed by atoms with Crippen LogP contribution in [0, 0.1) is 5.41 Å². The molecule has 0 aliphatic carbocycles. The van der Waals surface area contributed by atoms with Gasteiger partial charge in [-0.25, -0.2) is 0 Å². The van der Waals surface area contributed by atoms with Crippen molar-refractivity contribution >= 4 is 22.5 Å². The Balaban J connectivity index is 1.86. The van der Waals surface area contributed by atoms with Crippen LogP contribution >= 0.6 is 0 Å². The molecule has 5 heteroatoms. The van der Waals surface area contributed by atoms with Crippen LogP contribution in [0.25, 0.3) is 10.9 Å². The molecular weight excluding hydrogens is 398 g/mol. The van der Waals surface area contributed by atoms with Gasteiger partial charge in [-0.3, -0.25) is 14.6 Å². The van der Waals surface area contributed by atoms with Gasteiger partial charge in [0.2, 0.25) is 5.91 Å². The number of hydrogen-bond donors (Lipinski definition) is 1. The normalized spacial score (nSPS) is 20.1. The summed E-state index contributed by atoms with van der Waals surface area (Å²) in [7, 11) is 0.